The average molecular weight is 278 g/mol. The van der Waals surface area contributed by atoms with Crippen molar-refractivity contribution in [1.82, 2.24) is 0 Å². The van der Waals surface area contributed by atoms with Crippen LogP contribution in [0.5, 0.6) is 0 Å². The van der Waals surface area contributed by atoms with E-state index in [0.717, 1.165) is 18.7 Å². The zero-order valence-corrected chi connectivity index (χ0v) is 12.7. The van der Waals surface area contributed by atoms with E-state index in [1.807, 2.05) is 6.07 Å². The van der Waals surface area contributed by atoms with Gasteiger partial charge in [0.1, 0.15) is 0 Å². The Labute approximate surface area is 121 Å². The number of benzene rings is 1. The minimum Gasteiger partial charge on any atom is -0.465 e. The topological polar surface area (TPSA) is 64.3 Å². The second-order valence-corrected chi connectivity index (χ2v) is 5.09. The Bertz CT molecular complexity index is 432. The highest BCUT2D eigenvalue weighted by Gasteiger charge is 2.13. The number of nitrogens with one attached hydrogen (secondary N) is 1. The van der Waals surface area contributed by atoms with Crippen molar-refractivity contribution in [2.24, 2.45) is 5.92 Å². The van der Waals surface area contributed by atoms with E-state index >= 15 is 0 Å². The summed E-state index contributed by atoms with van der Waals surface area (Å²) in [6.07, 6.45) is 4.80. The van der Waals surface area contributed by atoms with Gasteiger partial charge in [-0.3, -0.25) is 0 Å². The van der Waals surface area contributed by atoms with Crippen LogP contribution in [0.4, 0.5) is 11.4 Å². The summed E-state index contributed by atoms with van der Waals surface area (Å²) in [5.41, 5.74) is 7.59. The lowest BCUT2D eigenvalue weighted by molar-refractivity contribution is 0.0602. The Morgan fingerprint density at radius 3 is 2.75 bits per heavy atom. The predicted octanol–water partition coefficient (Wildman–Crippen LogP) is 3.68. The quantitative estimate of drug-likeness (QED) is 0.562. The Kier molecular flexibility index (Phi) is 6.91. The van der Waals surface area contributed by atoms with E-state index in [4.69, 9.17) is 10.5 Å². The Morgan fingerprint density at radius 1 is 1.40 bits per heavy atom. The predicted molar refractivity (Wildman–Crippen MR) is 84.0 cm³/mol. The number of anilines is 2. The summed E-state index contributed by atoms with van der Waals surface area (Å²) < 4.78 is 4.80. The second kappa shape index (κ2) is 8.46. The minimum absolute atomic E-state index is 0.360. The lowest BCUT2D eigenvalue weighted by atomic mass is 9.99. The van der Waals surface area contributed by atoms with Gasteiger partial charge in [-0.2, -0.15) is 0 Å². The van der Waals surface area contributed by atoms with Crippen molar-refractivity contribution in [1.29, 1.82) is 0 Å². The summed E-state index contributed by atoms with van der Waals surface area (Å²) in [5, 5.41) is 3.36. The van der Waals surface area contributed by atoms with Crippen LogP contribution in [-0.2, 0) is 4.74 Å². The molecule has 1 aromatic carbocycles. The maximum absolute atomic E-state index is 11.8. The van der Waals surface area contributed by atoms with Crippen molar-refractivity contribution in [3.05, 3.63) is 23.8 Å². The lowest BCUT2D eigenvalue weighted by Gasteiger charge is -2.17. The first-order valence-corrected chi connectivity index (χ1v) is 7.34. The molecule has 0 radical (unpaired) electrons. The van der Waals surface area contributed by atoms with Crippen molar-refractivity contribution in [3.8, 4) is 0 Å². The third-order valence-corrected chi connectivity index (χ3v) is 3.57. The van der Waals surface area contributed by atoms with E-state index in [9.17, 15) is 4.79 Å². The molecule has 0 fully saturated rings. The Balaban J connectivity index is 2.73. The molecule has 3 N–H and O–H groups in total. The first-order chi connectivity index (χ1) is 9.62. The van der Waals surface area contributed by atoms with Gasteiger partial charge in [0.15, 0.2) is 0 Å². The zero-order valence-electron chi connectivity index (χ0n) is 12.7. The third-order valence-electron chi connectivity index (χ3n) is 3.57. The molecule has 1 unspecified atom stereocenters. The number of methoxy groups -OCH3 is 1. The number of hydrogen-bond acceptors (Lipinski definition) is 4. The van der Waals surface area contributed by atoms with Gasteiger partial charge in [0, 0.05) is 17.9 Å². The summed E-state index contributed by atoms with van der Waals surface area (Å²) in [5.74, 6) is 0.263. The summed E-state index contributed by atoms with van der Waals surface area (Å²) in [6, 6.07) is 5.29. The van der Waals surface area contributed by atoms with Crippen LogP contribution in [0.2, 0.25) is 0 Å². The van der Waals surface area contributed by atoms with E-state index in [0.29, 0.717) is 17.2 Å². The summed E-state index contributed by atoms with van der Waals surface area (Å²) in [4.78, 5) is 11.8. The van der Waals surface area contributed by atoms with Gasteiger partial charge in [0.25, 0.3) is 0 Å². The number of esters is 1. The van der Waals surface area contributed by atoms with Crippen molar-refractivity contribution in [2.75, 3.05) is 24.7 Å². The normalized spacial score (nSPS) is 11.9. The summed E-state index contributed by atoms with van der Waals surface area (Å²) in [7, 11) is 1.38. The molecular weight excluding hydrogens is 252 g/mol. The fraction of sp³-hybridized carbons (Fsp3) is 0.562. The Hall–Kier alpha value is -1.71. The first-order valence-electron chi connectivity index (χ1n) is 7.34. The molecule has 1 atom stereocenters. The molecule has 0 spiro atoms. The maximum atomic E-state index is 11.8. The molecule has 0 amide bonds. The highest BCUT2D eigenvalue weighted by molar-refractivity contribution is 5.96. The lowest BCUT2D eigenvalue weighted by Crippen LogP contribution is -2.16. The standard InChI is InChI=1S/C16H26N2O2/c1-4-6-7-12(5-2)11-18-15-9-8-13(17)10-14(15)16(19)20-3/h8-10,12,18H,4-7,11,17H2,1-3H3. The summed E-state index contributed by atoms with van der Waals surface area (Å²) >= 11 is 0. The first kappa shape index (κ1) is 16.3. The van der Waals surface area contributed by atoms with Crippen LogP contribution in [0.25, 0.3) is 0 Å². The highest BCUT2D eigenvalue weighted by atomic mass is 16.5. The van der Waals surface area contributed by atoms with Gasteiger partial charge in [-0.15, -0.1) is 0 Å². The van der Waals surface area contributed by atoms with Crippen LogP contribution < -0.4 is 11.1 Å². The zero-order chi connectivity index (χ0) is 15.0. The van der Waals surface area contributed by atoms with Crippen LogP contribution >= 0.6 is 0 Å². The molecule has 1 aromatic rings. The van der Waals surface area contributed by atoms with Gasteiger partial charge < -0.3 is 15.8 Å². The molecule has 0 heterocycles. The third kappa shape index (κ3) is 4.76. The van der Waals surface area contributed by atoms with Crippen LogP contribution in [0, 0.1) is 5.92 Å². The van der Waals surface area contributed by atoms with Gasteiger partial charge in [-0.25, -0.2) is 4.79 Å². The molecule has 1 rings (SSSR count). The minimum atomic E-state index is -0.360. The molecule has 4 heteroatoms. The number of nitrogen functional groups attached to an aromatic ring is 1. The number of unbranched alkanes of at least 4 members (excludes halogenated alkanes) is 1. The molecule has 112 valence electrons. The van der Waals surface area contributed by atoms with Crippen LogP contribution in [-0.4, -0.2) is 19.6 Å². The molecule has 0 aliphatic rings. The molecular formula is C16H26N2O2. The second-order valence-electron chi connectivity index (χ2n) is 5.09. The number of nitrogens with two attached hydrogens (primary N) is 1. The van der Waals surface area contributed by atoms with Gasteiger partial charge in [-0.05, 0) is 30.5 Å². The number of ether oxygens (including phenoxy) is 1. The van der Waals surface area contributed by atoms with E-state index in [-0.39, 0.29) is 5.97 Å². The number of rotatable bonds is 8. The van der Waals surface area contributed by atoms with Crippen LogP contribution in [0.3, 0.4) is 0 Å². The summed E-state index contributed by atoms with van der Waals surface area (Å²) in [6.45, 7) is 5.27. The maximum Gasteiger partial charge on any atom is 0.340 e. The molecule has 0 saturated heterocycles. The molecule has 0 aliphatic heterocycles. The van der Waals surface area contributed by atoms with Crippen LogP contribution in [0.1, 0.15) is 49.9 Å². The van der Waals surface area contributed by atoms with Crippen molar-refractivity contribution < 1.29 is 9.53 Å². The van der Waals surface area contributed by atoms with Gasteiger partial charge >= 0.3 is 5.97 Å². The van der Waals surface area contributed by atoms with Crippen LogP contribution in [0.15, 0.2) is 18.2 Å². The highest BCUT2D eigenvalue weighted by Crippen LogP contribution is 2.21. The smallest absolute Gasteiger partial charge is 0.340 e. The van der Waals surface area contributed by atoms with Crippen molar-refractivity contribution in [2.45, 2.75) is 39.5 Å². The fourth-order valence-electron chi connectivity index (χ4n) is 2.19. The number of carbonyl (C=O) groups is 1. The number of hydrogen-bond donors (Lipinski definition) is 2. The Morgan fingerprint density at radius 2 is 2.15 bits per heavy atom. The van der Waals surface area contributed by atoms with E-state index in [1.165, 1.54) is 26.4 Å². The van der Waals surface area contributed by atoms with Gasteiger partial charge in [0.2, 0.25) is 0 Å². The molecule has 0 aromatic heterocycles. The van der Waals surface area contributed by atoms with Gasteiger partial charge in [0.05, 0.1) is 12.7 Å². The van der Waals surface area contributed by atoms with E-state index < -0.39 is 0 Å². The SMILES string of the molecule is CCCCC(CC)CNc1ccc(N)cc1C(=O)OC. The number of carbonyl (C=O) groups excluding carboxylic acids is 1. The van der Waals surface area contributed by atoms with Crippen molar-refractivity contribution >= 4 is 17.3 Å². The molecule has 0 bridgehead atoms. The molecule has 0 saturated carbocycles. The van der Waals surface area contributed by atoms with Crippen molar-refractivity contribution in [3.63, 3.8) is 0 Å². The monoisotopic (exact) mass is 278 g/mol. The largest absolute Gasteiger partial charge is 0.465 e. The molecule has 0 aliphatic carbocycles. The average Bonchev–Trinajstić information content (AvgIpc) is 2.47. The fourth-order valence-corrected chi connectivity index (χ4v) is 2.19. The van der Waals surface area contributed by atoms with Gasteiger partial charge in [-0.1, -0.05) is 33.1 Å². The van der Waals surface area contributed by atoms with E-state index in [2.05, 4.69) is 19.2 Å². The molecule has 20 heavy (non-hydrogen) atoms. The molecule has 4 nitrogen and oxygen atoms in total. The van der Waals surface area contributed by atoms with E-state index in [1.54, 1.807) is 12.1 Å².